The van der Waals surface area contributed by atoms with E-state index < -0.39 is 0 Å². The van der Waals surface area contributed by atoms with E-state index in [1.54, 1.807) is 36.4 Å². The van der Waals surface area contributed by atoms with Crippen molar-refractivity contribution in [3.05, 3.63) is 103 Å². The summed E-state index contributed by atoms with van der Waals surface area (Å²) in [6, 6.07) is 30.4. The highest BCUT2D eigenvalue weighted by Gasteiger charge is 2.20. The van der Waals surface area contributed by atoms with Crippen LogP contribution in [0.2, 0.25) is 0 Å². The minimum Gasteiger partial charge on any atom is -0.399 e. The minimum absolute atomic E-state index is 0.203. The van der Waals surface area contributed by atoms with E-state index in [0.29, 0.717) is 22.6 Å². The van der Waals surface area contributed by atoms with Crippen LogP contribution in [0.5, 0.6) is 0 Å². The average Bonchev–Trinajstić information content (AvgIpc) is 2.76. The molecule has 0 aliphatic rings. The molecule has 0 aromatic heterocycles. The molecule has 4 heteroatoms. The molecule has 0 radical (unpaired) electrons. The number of carbonyl (C=O) groups excluding carboxylic acids is 1. The number of anilines is 3. The molecule has 0 saturated heterocycles. The third-order valence-electron chi connectivity index (χ3n) is 4.78. The first-order valence-corrected chi connectivity index (χ1v) is 9.33. The number of benzene rings is 4. The SMILES string of the molecule is Nc1ccc(NC(=O)c2ccc(N)c(-c3ccccc3)c2-c2ccccc2)cc1. The molecule has 0 aliphatic heterocycles. The molecular formula is C25H21N3O. The molecule has 5 N–H and O–H groups in total. The Kier molecular flexibility index (Phi) is 4.99. The molecule has 0 saturated carbocycles. The number of amides is 1. The summed E-state index contributed by atoms with van der Waals surface area (Å²) in [4.78, 5) is 13.2. The normalized spacial score (nSPS) is 10.5. The Hall–Kier alpha value is -4.05. The van der Waals surface area contributed by atoms with Gasteiger partial charge in [-0.25, -0.2) is 0 Å². The number of nitrogen functional groups attached to an aromatic ring is 2. The Balaban J connectivity index is 1.88. The Morgan fingerprint density at radius 1 is 0.621 bits per heavy atom. The molecule has 4 nitrogen and oxygen atoms in total. The van der Waals surface area contributed by atoms with Crippen LogP contribution in [-0.4, -0.2) is 5.91 Å². The quantitative estimate of drug-likeness (QED) is 0.413. The van der Waals surface area contributed by atoms with Crippen LogP contribution in [0.15, 0.2) is 97.1 Å². The summed E-state index contributed by atoms with van der Waals surface area (Å²) in [6.07, 6.45) is 0. The van der Waals surface area contributed by atoms with E-state index in [2.05, 4.69) is 5.32 Å². The van der Waals surface area contributed by atoms with E-state index in [4.69, 9.17) is 11.5 Å². The van der Waals surface area contributed by atoms with Crippen molar-refractivity contribution in [1.82, 2.24) is 0 Å². The molecule has 4 rings (SSSR count). The molecule has 4 aromatic rings. The largest absolute Gasteiger partial charge is 0.399 e. The second-order valence-electron chi connectivity index (χ2n) is 6.76. The van der Waals surface area contributed by atoms with Gasteiger partial charge in [0.15, 0.2) is 0 Å². The van der Waals surface area contributed by atoms with E-state index in [9.17, 15) is 4.79 Å². The molecule has 4 aromatic carbocycles. The van der Waals surface area contributed by atoms with Crippen LogP contribution >= 0.6 is 0 Å². The van der Waals surface area contributed by atoms with Gasteiger partial charge in [0.1, 0.15) is 0 Å². The maximum atomic E-state index is 13.2. The fourth-order valence-corrected chi connectivity index (χ4v) is 3.39. The van der Waals surface area contributed by atoms with Crippen LogP contribution < -0.4 is 16.8 Å². The van der Waals surface area contributed by atoms with Crippen molar-refractivity contribution in [3.8, 4) is 22.3 Å². The lowest BCUT2D eigenvalue weighted by Gasteiger charge is -2.18. The standard InChI is InChI=1S/C25H21N3O/c26-19-11-13-20(14-12-19)28-25(29)21-15-16-22(27)24(18-9-5-2-6-10-18)23(21)17-7-3-1-4-8-17/h1-16H,26-27H2,(H,28,29). The highest BCUT2D eigenvalue weighted by molar-refractivity contribution is 6.12. The van der Waals surface area contributed by atoms with Crippen molar-refractivity contribution < 1.29 is 4.79 Å². The van der Waals surface area contributed by atoms with Crippen molar-refractivity contribution >= 4 is 23.0 Å². The lowest BCUT2D eigenvalue weighted by Crippen LogP contribution is -2.14. The van der Waals surface area contributed by atoms with E-state index in [1.165, 1.54) is 0 Å². The molecule has 0 fully saturated rings. The number of hydrogen-bond acceptors (Lipinski definition) is 3. The maximum Gasteiger partial charge on any atom is 0.256 e. The van der Waals surface area contributed by atoms with Gasteiger partial charge in [0.2, 0.25) is 0 Å². The van der Waals surface area contributed by atoms with E-state index in [1.807, 2.05) is 60.7 Å². The van der Waals surface area contributed by atoms with Gasteiger partial charge in [0.25, 0.3) is 5.91 Å². The van der Waals surface area contributed by atoms with Gasteiger partial charge >= 0.3 is 0 Å². The van der Waals surface area contributed by atoms with Gasteiger partial charge in [-0.15, -0.1) is 0 Å². The van der Waals surface area contributed by atoms with Gasteiger partial charge in [0.05, 0.1) is 0 Å². The van der Waals surface area contributed by atoms with Crippen LogP contribution in [0.4, 0.5) is 17.1 Å². The van der Waals surface area contributed by atoms with Crippen molar-refractivity contribution in [2.24, 2.45) is 0 Å². The first kappa shape index (κ1) is 18.3. The average molecular weight is 379 g/mol. The van der Waals surface area contributed by atoms with Crippen molar-refractivity contribution in [2.45, 2.75) is 0 Å². The van der Waals surface area contributed by atoms with Crippen molar-refractivity contribution in [1.29, 1.82) is 0 Å². The summed E-state index contributed by atoms with van der Waals surface area (Å²) in [5.41, 5.74) is 18.2. The Morgan fingerprint density at radius 3 is 1.76 bits per heavy atom. The van der Waals surface area contributed by atoms with Gasteiger partial charge in [-0.05, 0) is 47.5 Å². The predicted octanol–water partition coefficient (Wildman–Crippen LogP) is 5.44. The van der Waals surface area contributed by atoms with Gasteiger partial charge < -0.3 is 16.8 Å². The van der Waals surface area contributed by atoms with Crippen molar-refractivity contribution in [2.75, 3.05) is 16.8 Å². The smallest absolute Gasteiger partial charge is 0.256 e. The van der Waals surface area contributed by atoms with E-state index >= 15 is 0 Å². The fourth-order valence-electron chi connectivity index (χ4n) is 3.39. The third kappa shape index (κ3) is 3.82. The number of carbonyl (C=O) groups is 1. The first-order chi connectivity index (χ1) is 14.1. The molecule has 0 unspecified atom stereocenters. The molecule has 0 spiro atoms. The molecule has 0 atom stereocenters. The molecule has 0 aliphatic carbocycles. The topological polar surface area (TPSA) is 81.1 Å². The van der Waals surface area contributed by atoms with Crippen LogP contribution in [-0.2, 0) is 0 Å². The lowest BCUT2D eigenvalue weighted by atomic mass is 9.89. The molecular weight excluding hydrogens is 358 g/mol. The van der Waals surface area contributed by atoms with E-state index in [0.717, 1.165) is 22.3 Å². The van der Waals surface area contributed by atoms with Gasteiger partial charge in [0, 0.05) is 33.8 Å². The molecule has 0 bridgehead atoms. The number of rotatable bonds is 4. The summed E-state index contributed by atoms with van der Waals surface area (Å²) < 4.78 is 0. The van der Waals surface area contributed by atoms with Crippen LogP contribution in [0.1, 0.15) is 10.4 Å². The Morgan fingerprint density at radius 2 is 1.17 bits per heavy atom. The zero-order chi connectivity index (χ0) is 20.2. The van der Waals surface area contributed by atoms with Gasteiger partial charge in [-0.1, -0.05) is 60.7 Å². The predicted molar refractivity (Wildman–Crippen MR) is 121 cm³/mol. The maximum absolute atomic E-state index is 13.2. The van der Waals surface area contributed by atoms with Crippen LogP contribution in [0.3, 0.4) is 0 Å². The second kappa shape index (κ2) is 7.90. The van der Waals surface area contributed by atoms with E-state index in [-0.39, 0.29) is 5.91 Å². The summed E-state index contributed by atoms with van der Waals surface area (Å²) in [5, 5.41) is 2.96. The lowest BCUT2D eigenvalue weighted by molar-refractivity contribution is 0.102. The summed E-state index contributed by atoms with van der Waals surface area (Å²) in [6.45, 7) is 0. The van der Waals surface area contributed by atoms with Crippen LogP contribution in [0, 0.1) is 0 Å². The number of nitrogens with one attached hydrogen (secondary N) is 1. The fraction of sp³-hybridized carbons (Fsp3) is 0. The van der Waals surface area contributed by atoms with Crippen molar-refractivity contribution in [3.63, 3.8) is 0 Å². The summed E-state index contributed by atoms with van der Waals surface area (Å²) >= 11 is 0. The third-order valence-corrected chi connectivity index (χ3v) is 4.78. The second-order valence-corrected chi connectivity index (χ2v) is 6.76. The van der Waals surface area contributed by atoms with Gasteiger partial charge in [-0.2, -0.15) is 0 Å². The molecule has 29 heavy (non-hydrogen) atoms. The first-order valence-electron chi connectivity index (χ1n) is 9.33. The summed E-state index contributed by atoms with van der Waals surface area (Å²) in [5.74, 6) is -0.203. The highest BCUT2D eigenvalue weighted by Crippen LogP contribution is 2.39. The number of hydrogen-bond donors (Lipinski definition) is 3. The minimum atomic E-state index is -0.203. The Bertz CT molecular complexity index is 1140. The zero-order valence-electron chi connectivity index (χ0n) is 15.8. The zero-order valence-corrected chi connectivity index (χ0v) is 15.8. The van der Waals surface area contributed by atoms with Crippen LogP contribution in [0.25, 0.3) is 22.3 Å². The summed E-state index contributed by atoms with van der Waals surface area (Å²) in [7, 11) is 0. The number of nitrogens with two attached hydrogens (primary N) is 2. The molecule has 142 valence electrons. The Labute approximate surface area is 169 Å². The molecule has 1 amide bonds. The highest BCUT2D eigenvalue weighted by atomic mass is 16.1. The molecule has 0 heterocycles. The monoisotopic (exact) mass is 379 g/mol. The van der Waals surface area contributed by atoms with Gasteiger partial charge in [-0.3, -0.25) is 4.79 Å².